The Bertz CT molecular complexity index is 1370. The van der Waals surface area contributed by atoms with Crippen LogP contribution in [0.3, 0.4) is 0 Å². The third-order valence-electron chi connectivity index (χ3n) is 4.88. The number of nitrogens with one attached hydrogen (secondary N) is 1. The molecule has 0 aliphatic carbocycles. The molecule has 0 radical (unpaired) electrons. The standard InChI is InChI=1S/C25H18N4O3/c30-14-20-10-11-24(32-20)22-12-21-23(13-26-22)27-16-28-25(21)29-18-6-8-19(9-7-18)31-15-17-4-2-1-3-5-17/h1-14,16H,15H2,(H,27,28,29). The van der Waals surface area contributed by atoms with E-state index in [4.69, 9.17) is 9.15 Å². The van der Waals surface area contributed by atoms with Crippen molar-refractivity contribution in [2.45, 2.75) is 6.61 Å². The molecule has 1 N–H and O–H groups in total. The average molecular weight is 422 g/mol. The number of pyridine rings is 1. The van der Waals surface area contributed by atoms with Crippen LogP contribution in [-0.4, -0.2) is 21.2 Å². The van der Waals surface area contributed by atoms with Crippen molar-refractivity contribution in [3.8, 4) is 17.2 Å². The lowest BCUT2D eigenvalue weighted by Crippen LogP contribution is -1.98. The highest BCUT2D eigenvalue weighted by molar-refractivity contribution is 5.92. The molecule has 0 atom stereocenters. The predicted molar refractivity (Wildman–Crippen MR) is 121 cm³/mol. The van der Waals surface area contributed by atoms with Crippen LogP contribution in [0.5, 0.6) is 5.75 Å². The molecule has 0 spiro atoms. The predicted octanol–water partition coefficient (Wildman–Crippen LogP) is 5.42. The average Bonchev–Trinajstić information content (AvgIpc) is 3.34. The summed E-state index contributed by atoms with van der Waals surface area (Å²) in [5, 5.41) is 4.11. The lowest BCUT2D eigenvalue weighted by atomic mass is 10.2. The minimum absolute atomic E-state index is 0.249. The summed E-state index contributed by atoms with van der Waals surface area (Å²) < 4.78 is 11.3. The van der Waals surface area contributed by atoms with E-state index in [9.17, 15) is 4.79 Å². The molecular weight excluding hydrogens is 404 g/mol. The molecule has 5 aromatic rings. The van der Waals surface area contributed by atoms with Crippen LogP contribution in [0.2, 0.25) is 0 Å². The van der Waals surface area contributed by atoms with Gasteiger partial charge in [0.15, 0.2) is 17.8 Å². The van der Waals surface area contributed by atoms with Gasteiger partial charge in [0.1, 0.15) is 30.2 Å². The fourth-order valence-electron chi connectivity index (χ4n) is 3.26. The quantitative estimate of drug-likeness (QED) is 0.350. The summed E-state index contributed by atoms with van der Waals surface area (Å²) in [4.78, 5) is 24.0. The van der Waals surface area contributed by atoms with Gasteiger partial charge in [-0.05, 0) is 48.0 Å². The van der Waals surface area contributed by atoms with Gasteiger partial charge in [-0.25, -0.2) is 9.97 Å². The van der Waals surface area contributed by atoms with Gasteiger partial charge < -0.3 is 14.5 Å². The molecule has 0 bridgehead atoms. The van der Waals surface area contributed by atoms with Crippen LogP contribution in [0.4, 0.5) is 11.5 Å². The zero-order chi connectivity index (χ0) is 21.8. The van der Waals surface area contributed by atoms with Gasteiger partial charge >= 0.3 is 0 Å². The van der Waals surface area contributed by atoms with Gasteiger partial charge in [0.25, 0.3) is 0 Å². The first-order valence-corrected chi connectivity index (χ1v) is 9.98. The minimum atomic E-state index is 0.249. The number of nitrogens with zero attached hydrogens (tertiary/aromatic N) is 3. The summed E-state index contributed by atoms with van der Waals surface area (Å²) in [6, 6.07) is 22.9. The Balaban J connectivity index is 1.36. The molecular formula is C25H18N4O3. The number of carbonyl (C=O) groups excluding carboxylic acids is 1. The number of benzene rings is 2. The number of aldehydes is 1. The van der Waals surface area contributed by atoms with Crippen LogP contribution in [0, 0.1) is 0 Å². The van der Waals surface area contributed by atoms with Gasteiger partial charge in [-0.2, -0.15) is 0 Å². The Morgan fingerprint density at radius 2 is 1.78 bits per heavy atom. The van der Waals surface area contributed by atoms with Crippen LogP contribution in [0.25, 0.3) is 22.4 Å². The zero-order valence-corrected chi connectivity index (χ0v) is 16.9. The smallest absolute Gasteiger partial charge is 0.185 e. The topological polar surface area (TPSA) is 90.1 Å². The van der Waals surface area contributed by atoms with E-state index in [2.05, 4.69) is 20.3 Å². The molecule has 7 nitrogen and oxygen atoms in total. The van der Waals surface area contributed by atoms with Crippen molar-refractivity contribution in [2.24, 2.45) is 0 Å². The number of ether oxygens (including phenoxy) is 1. The van der Waals surface area contributed by atoms with Gasteiger partial charge in [0.2, 0.25) is 0 Å². The summed E-state index contributed by atoms with van der Waals surface area (Å²) in [5.74, 6) is 2.17. The summed E-state index contributed by atoms with van der Waals surface area (Å²) in [7, 11) is 0. The first-order valence-electron chi connectivity index (χ1n) is 9.98. The number of hydrogen-bond acceptors (Lipinski definition) is 7. The zero-order valence-electron chi connectivity index (χ0n) is 16.9. The first-order chi connectivity index (χ1) is 15.8. The highest BCUT2D eigenvalue weighted by Gasteiger charge is 2.11. The molecule has 0 amide bonds. The van der Waals surface area contributed by atoms with Crippen molar-refractivity contribution in [3.63, 3.8) is 0 Å². The van der Waals surface area contributed by atoms with Crippen LogP contribution in [-0.2, 0) is 6.61 Å². The van der Waals surface area contributed by atoms with Gasteiger partial charge in [-0.15, -0.1) is 0 Å². The number of rotatable bonds is 7. The van der Waals surface area contributed by atoms with Crippen molar-refractivity contribution in [1.29, 1.82) is 0 Å². The number of aromatic nitrogens is 3. The Morgan fingerprint density at radius 1 is 0.938 bits per heavy atom. The maximum absolute atomic E-state index is 10.9. The van der Waals surface area contributed by atoms with E-state index < -0.39 is 0 Å². The highest BCUT2D eigenvalue weighted by Crippen LogP contribution is 2.28. The van der Waals surface area contributed by atoms with Crippen LogP contribution in [0.15, 0.2) is 89.7 Å². The minimum Gasteiger partial charge on any atom is -0.489 e. The molecule has 0 aliphatic heterocycles. The van der Waals surface area contributed by atoms with Crippen molar-refractivity contribution < 1.29 is 13.9 Å². The first kappa shape index (κ1) is 19.4. The van der Waals surface area contributed by atoms with Crippen molar-refractivity contribution >= 4 is 28.7 Å². The highest BCUT2D eigenvalue weighted by atomic mass is 16.5. The number of carbonyl (C=O) groups is 1. The largest absolute Gasteiger partial charge is 0.489 e. The second-order valence-electron chi connectivity index (χ2n) is 7.05. The van der Waals surface area contributed by atoms with Crippen molar-refractivity contribution in [3.05, 3.63) is 96.6 Å². The molecule has 5 rings (SSSR count). The molecule has 2 aromatic carbocycles. The molecule has 156 valence electrons. The van der Waals surface area contributed by atoms with Gasteiger partial charge in [-0.1, -0.05) is 30.3 Å². The summed E-state index contributed by atoms with van der Waals surface area (Å²) in [5.41, 5.74) is 3.25. The molecule has 3 heterocycles. The van der Waals surface area contributed by atoms with E-state index in [-0.39, 0.29) is 5.76 Å². The Labute approximate surface area is 183 Å². The molecule has 3 aromatic heterocycles. The maximum atomic E-state index is 10.9. The molecule has 32 heavy (non-hydrogen) atoms. The lowest BCUT2D eigenvalue weighted by Gasteiger charge is -2.10. The van der Waals surface area contributed by atoms with Gasteiger partial charge in [0.05, 0.1) is 11.7 Å². The summed E-state index contributed by atoms with van der Waals surface area (Å²) >= 11 is 0. The van der Waals surface area contributed by atoms with Crippen molar-refractivity contribution in [1.82, 2.24) is 15.0 Å². The monoisotopic (exact) mass is 422 g/mol. The van der Waals surface area contributed by atoms with Crippen LogP contribution < -0.4 is 10.1 Å². The van der Waals surface area contributed by atoms with E-state index >= 15 is 0 Å². The van der Waals surface area contributed by atoms with Crippen LogP contribution >= 0.6 is 0 Å². The normalized spacial score (nSPS) is 10.8. The number of anilines is 2. The summed E-state index contributed by atoms with van der Waals surface area (Å²) in [6.07, 6.45) is 3.80. The number of hydrogen-bond donors (Lipinski definition) is 1. The third-order valence-corrected chi connectivity index (χ3v) is 4.88. The molecule has 0 aliphatic rings. The van der Waals surface area contributed by atoms with Gasteiger partial charge in [-0.3, -0.25) is 9.78 Å². The third kappa shape index (κ3) is 4.17. The molecule has 0 saturated carbocycles. The second-order valence-corrected chi connectivity index (χ2v) is 7.05. The second kappa shape index (κ2) is 8.69. The van der Waals surface area contributed by atoms with E-state index in [0.717, 1.165) is 22.4 Å². The van der Waals surface area contributed by atoms with E-state index in [1.807, 2.05) is 60.7 Å². The molecule has 0 unspecified atom stereocenters. The van der Waals surface area contributed by atoms with Gasteiger partial charge in [0, 0.05) is 11.1 Å². The Morgan fingerprint density at radius 3 is 2.56 bits per heavy atom. The lowest BCUT2D eigenvalue weighted by molar-refractivity contribution is 0.110. The van der Waals surface area contributed by atoms with Crippen LogP contribution in [0.1, 0.15) is 16.1 Å². The molecule has 0 fully saturated rings. The van der Waals surface area contributed by atoms with Crippen molar-refractivity contribution in [2.75, 3.05) is 5.32 Å². The molecule has 7 heteroatoms. The Kier molecular flexibility index (Phi) is 5.28. The summed E-state index contributed by atoms with van der Waals surface area (Å²) in [6.45, 7) is 0.512. The Hall–Kier alpha value is -4.52. The molecule has 0 saturated heterocycles. The maximum Gasteiger partial charge on any atom is 0.185 e. The number of fused-ring (bicyclic) bond motifs is 1. The number of furan rings is 1. The SMILES string of the molecule is O=Cc1ccc(-c2cc3c(Nc4ccc(OCc5ccccc5)cc4)ncnc3cn2)o1. The fourth-order valence-corrected chi connectivity index (χ4v) is 3.26. The van der Waals surface area contributed by atoms with E-state index in [1.165, 1.54) is 6.33 Å². The fraction of sp³-hybridized carbons (Fsp3) is 0.0400. The van der Waals surface area contributed by atoms with E-state index in [0.29, 0.717) is 35.7 Å². The van der Waals surface area contributed by atoms with E-state index in [1.54, 1.807) is 18.3 Å².